The molecule has 0 aliphatic heterocycles. The minimum Gasteiger partial charge on any atom is -0.325 e. The van der Waals surface area contributed by atoms with Crippen molar-refractivity contribution >= 4 is 11.6 Å². The maximum Gasteiger partial charge on any atom is 0.131 e. The van der Waals surface area contributed by atoms with Crippen LogP contribution < -0.4 is 5.32 Å². The summed E-state index contributed by atoms with van der Waals surface area (Å²) < 4.78 is 0. The maximum atomic E-state index is 4.52. The molecule has 2 heterocycles. The molecule has 0 spiro atoms. The summed E-state index contributed by atoms with van der Waals surface area (Å²) in [5.74, 6) is 2.09. The first kappa shape index (κ1) is 10.6. The van der Waals surface area contributed by atoms with Gasteiger partial charge in [0.25, 0.3) is 0 Å². The van der Waals surface area contributed by atoms with E-state index in [4.69, 9.17) is 0 Å². The Morgan fingerprint density at radius 1 is 1.00 bits per heavy atom. The number of rotatable bonds is 3. The second kappa shape index (κ2) is 4.75. The first-order chi connectivity index (χ1) is 7.75. The molecule has 0 atom stereocenters. The van der Waals surface area contributed by atoms with Gasteiger partial charge in [0.05, 0.1) is 0 Å². The number of hydrogen-bond acceptors (Lipinski definition) is 3. The van der Waals surface area contributed by atoms with Crippen molar-refractivity contribution in [3.8, 4) is 0 Å². The average molecular weight is 213 g/mol. The summed E-state index contributed by atoms with van der Waals surface area (Å²) in [5.41, 5.74) is 1.08. The predicted octanol–water partition coefficient (Wildman–Crippen LogP) is 3.34. The third kappa shape index (κ3) is 2.57. The SMILES string of the molecule is CC(C)c1cccc(Nc2ccccn2)n1. The highest BCUT2D eigenvalue weighted by Crippen LogP contribution is 2.16. The van der Waals surface area contributed by atoms with E-state index in [-0.39, 0.29) is 0 Å². The van der Waals surface area contributed by atoms with Gasteiger partial charge in [-0.15, -0.1) is 0 Å². The van der Waals surface area contributed by atoms with Gasteiger partial charge in [-0.05, 0) is 30.2 Å². The third-order valence-corrected chi connectivity index (χ3v) is 2.28. The second-order valence-electron chi connectivity index (χ2n) is 3.94. The molecule has 2 rings (SSSR count). The Hall–Kier alpha value is -1.90. The van der Waals surface area contributed by atoms with Crippen molar-refractivity contribution in [3.05, 3.63) is 48.3 Å². The van der Waals surface area contributed by atoms with Crippen LogP contribution in [0.2, 0.25) is 0 Å². The van der Waals surface area contributed by atoms with Crippen molar-refractivity contribution in [2.45, 2.75) is 19.8 Å². The van der Waals surface area contributed by atoms with Gasteiger partial charge in [0.1, 0.15) is 11.6 Å². The summed E-state index contributed by atoms with van der Waals surface area (Å²) in [6.45, 7) is 4.26. The molecule has 0 fully saturated rings. The van der Waals surface area contributed by atoms with Crippen molar-refractivity contribution in [1.29, 1.82) is 0 Å². The van der Waals surface area contributed by atoms with Crippen LogP contribution in [-0.2, 0) is 0 Å². The summed E-state index contributed by atoms with van der Waals surface area (Å²) in [7, 11) is 0. The topological polar surface area (TPSA) is 37.8 Å². The normalized spacial score (nSPS) is 10.4. The van der Waals surface area contributed by atoms with Crippen molar-refractivity contribution in [3.63, 3.8) is 0 Å². The number of nitrogens with zero attached hydrogens (tertiary/aromatic N) is 2. The van der Waals surface area contributed by atoms with Crippen molar-refractivity contribution in [2.75, 3.05) is 5.32 Å². The van der Waals surface area contributed by atoms with E-state index in [0.29, 0.717) is 5.92 Å². The van der Waals surface area contributed by atoms with Gasteiger partial charge >= 0.3 is 0 Å². The Balaban J connectivity index is 2.19. The average Bonchev–Trinajstić information content (AvgIpc) is 2.30. The monoisotopic (exact) mass is 213 g/mol. The summed E-state index contributed by atoms with van der Waals surface area (Å²) in [4.78, 5) is 8.71. The molecule has 0 saturated carbocycles. The van der Waals surface area contributed by atoms with Gasteiger partial charge in [-0.3, -0.25) is 0 Å². The molecule has 0 bridgehead atoms. The standard InChI is InChI=1S/C13H15N3/c1-10(2)11-6-5-8-13(15-11)16-12-7-3-4-9-14-12/h3-10H,1-2H3,(H,14,15,16). The minimum atomic E-state index is 0.436. The van der Waals surface area contributed by atoms with E-state index in [1.165, 1.54) is 0 Å². The molecule has 0 unspecified atom stereocenters. The Bertz CT molecular complexity index is 452. The van der Waals surface area contributed by atoms with Gasteiger partial charge in [0.15, 0.2) is 0 Å². The molecule has 16 heavy (non-hydrogen) atoms. The van der Waals surface area contributed by atoms with Crippen LogP contribution in [0.5, 0.6) is 0 Å². The number of pyridine rings is 2. The van der Waals surface area contributed by atoms with Crippen molar-refractivity contribution in [2.24, 2.45) is 0 Å². The molecule has 3 nitrogen and oxygen atoms in total. The molecule has 0 aliphatic carbocycles. The van der Waals surface area contributed by atoms with E-state index in [1.807, 2.05) is 36.4 Å². The molecule has 0 aliphatic rings. The van der Waals surface area contributed by atoms with Crippen LogP contribution in [0.3, 0.4) is 0 Å². The lowest BCUT2D eigenvalue weighted by atomic mass is 10.1. The van der Waals surface area contributed by atoms with Crippen molar-refractivity contribution < 1.29 is 0 Å². The molecular weight excluding hydrogens is 198 g/mol. The molecule has 0 saturated heterocycles. The first-order valence-corrected chi connectivity index (χ1v) is 5.41. The van der Waals surface area contributed by atoms with Crippen molar-refractivity contribution in [1.82, 2.24) is 9.97 Å². The molecule has 0 amide bonds. The zero-order valence-corrected chi connectivity index (χ0v) is 9.51. The lowest BCUT2D eigenvalue weighted by molar-refractivity contribution is 0.824. The van der Waals surface area contributed by atoms with Gasteiger partial charge in [0, 0.05) is 11.9 Å². The minimum absolute atomic E-state index is 0.436. The van der Waals surface area contributed by atoms with Crippen LogP contribution in [0, 0.1) is 0 Å². The van der Waals surface area contributed by atoms with Crippen LogP contribution >= 0.6 is 0 Å². The lowest BCUT2D eigenvalue weighted by Crippen LogP contribution is -1.99. The first-order valence-electron chi connectivity index (χ1n) is 5.41. The van der Waals surface area contributed by atoms with Crippen LogP contribution in [-0.4, -0.2) is 9.97 Å². The van der Waals surface area contributed by atoms with Gasteiger partial charge in [-0.1, -0.05) is 26.0 Å². The Labute approximate surface area is 95.6 Å². The highest BCUT2D eigenvalue weighted by molar-refractivity contribution is 5.51. The predicted molar refractivity (Wildman–Crippen MR) is 65.8 cm³/mol. The number of hydrogen-bond donors (Lipinski definition) is 1. The Morgan fingerprint density at radius 3 is 2.50 bits per heavy atom. The van der Waals surface area contributed by atoms with E-state index >= 15 is 0 Å². The zero-order valence-electron chi connectivity index (χ0n) is 9.51. The van der Waals surface area contributed by atoms with Crippen LogP contribution in [0.15, 0.2) is 42.6 Å². The number of anilines is 2. The van der Waals surface area contributed by atoms with Gasteiger partial charge in [0.2, 0.25) is 0 Å². The smallest absolute Gasteiger partial charge is 0.131 e. The van der Waals surface area contributed by atoms with E-state index in [9.17, 15) is 0 Å². The van der Waals surface area contributed by atoms with Gasteiger partial charge in [-0.25, -0.2) is 9.97 Å². The molecule has 82 valence electrons. The summed E-state index contributed by atoms with van der Waals surface area (Å²) in [6, 6.07) is 11.7. The van der Waals surface area contributed by atoms with Crippen LogP contribution in [0.4, 0.5) is 11.6 Å². The molecule has 2 aromatic rings. The van der Waals surface area contributed by atoms with Gasteiger partial charge < -0.3 is 5.32 Å². The molecule has 2 aromatic heterocycles. The van der Waals surface area contributed by atoms with Gasteiger partial charge in [-0.2, -0.15) is 0 Å². The fraction of sp³-hybridized carbons (Fsp3) is 0.231. The molecule has 0 aromatic carbocycles. The zero-order chi connectivity index (χ0) is 11.4. The van der Waals surface area contributed by atoms with E-state index in [0.717, 1.165) is 17.3 Å². The highest BCUT2D eigenvalue weighted by atomic mass is 15.1. The van der Waals surface area contributed by atoms with Crippen LogP contribution in [0.1, 0.15) is 25.5 Å². The maximum absolute atomic E-state index is 4.52. The number of nitrogens with one attached hydrogen (secondary N) is 1. The number of aromatic nitrogens is 2. The highest BCUT2D eigenvalue weighted by Gasteiger charge is 2.02. The summed E-state index contributed by atoms with van der Waals surface area (Å²) >= 11 is 0. The molecule has 1 N–H and O–H groups in total. The molecule has 3 heteroatoms. The largest absolute Gasteiger partial charge is 0.325 e. The van der Waals surface area contributed by atoms with E-state index < -0.39 is 0 Å². The van der Waals surface area contributed by atoms with E-state index in [1.54, 1.807) is 6.20 Å². The lowest BCUT2D eigenvalue weighted by Gasteiger charge is -2.08. The summed E-state index contributed by atoms with van der Waals surface area (Å²) in [6.07, 6.45) is 1.76. The van der Waals surface area contributed by atoms with Crippen LogP contribution in [0.25, 0.3) is 0 Å². The fourth-order valence-electron chi connectivity index (χ4n) is 1.41. The third-order valence-electron chi connectivity index (χ3n) is 2.28. The molecular formula is C13H15N3. The Kier molecular flexibility index (Phi) is 3.15. The van der Waals surface area contributed by atoms with E-state index in [2.05, 4.69) is 29.1 Å². The Morgan fingerprint density at radius 2 is 1.81 bits per heavy atom. The quantitative estimate of drug-likeness (QED) is 0.849. The second-order valence-corrected chi connectivity index (χ2v) is 3.94. The fourth-order valence-corrected chi connectivity index (χ4v) is 1.41. The molecule has 0 radical (unpaired) electrons. The summed E-state index contributed by atoms with van der Waals surface area (Å²) in [5, 5.41) is 3.18.